The van der Waals surface area contributed by atoms with Gasteiger partial charge in [0.2, 0.25) is 0 Å². The number of aliphatic hydroxyl groups is 3. The molecule has 12 heavy (non-hydrogen) atoms. The molecule has 5 heteroatoms. The van der Waals surface area contributed by atoms with E-state index < -0.39 is 18.8 Å². The maximum Gasteiger partial charge on any atom is 0.308 e. The van der Waals surface area contributed by atoms with Gasteiger partial charge in [0.25, 0.3) is 0 Å². The Hall–Kier alpha value is -0.260. The third kappa shape index (κ3) is 5.40. The van der Waals surface area contributed by atoms with E-state index in [1.807, 2.05) is 0 Å². The summed E-state index contributed by atoms with van der Waals surface area (Å²) in [6, 6.07) is 0. The highest BCUT2D eigenvalue weighted by molar-refractivity contribution is 4.63. The lowest BCUT2D eigenvalue weighted by molar-refractivity contribution is -0.342. The van der Waals surface area contributed by atoms with Gasteiger partial charge in [0.15, 0.2) is 6.17 Å². The Labute approximate surface area is 69.6 Å². The Morgan fingerprint density at radius 1 is 1.08 bits per heavy atom. The molecule has 0 spiro atoms. The second kappa shape index (κ2) is 5.40. The molecular formula is C7H14F2O3. The summed E-state index contributed by atoms with van der Waals surface area (Å²) in [6.07, 6.45) is -1.12. The third-order valence-corrected chi connectivity index (χ3v) is 1.51. The zero-order valence-electron chi connectivity index (χ0n) is 6.71. The minimum Gasteiger partial charge on any atom is -0.341 e. The van der Waals surface area contributed by atoms with Crippen molar-refractivity contribution < 1.29 is 24.1 Å². The summed E-state index contributed by atoms with van der Waals surface area (Å²) in [7, 11) is 0. The van der Waals surface area contributed by atoms with Crippen LogP contribution in [-0.2, 0) is 0 Å². The third-order valence-electron chi connectivity index (χ3n) is 1.51. The summed E-state index contributed by atoms with van der Waals surface area (Å²) in [6.45, 7) is -0.459. The molecule has 0 bridgehead atoms. The predicted molar refractivity (Wildman–Crippen MR) is 38.7 cm³/mol. The second-order valence-corrected chi connectivity index (χ2v) is 2.69. The van der Waals surface area contributed by atoms with Crippen LogP contribution in [0.15, 0.2) is 0 Å². The molecule has 74 valence electrons. The fourth-order valence-electron chi connectivity index (χ4n) is 0.788. The van der Waals surface area contributed by atoms with E-state index in [-0.39, 0.29) is 6.42 Å². The molecule has 0 aliphatic heterocycles. The zero-order chi connectivity index (χ0) is 9.61. The summed E-state index contributed by atoms with van der Waals surface area (Å²) >= 11 is 0. The van der Waals surface area contributed by atoms with Crippen molar-refractivity contribution in [3.8, 4) is 0 Å². The zero-order valence-corrected chi connectivity index (χ0v) is 6.71. The molecule has 3 N–H and O–H groups in total. The molecule has 3 nitrogen and oxygen atoms in total. The highest BCUT2D eigenvalue weighted by Gasteiger charge is 2.31. The molecule has 0 rings (SSSR count). The molecule has 0 aromatic heterocycles. The van der Waals surface area contributed by atoms with Crippen LogP contribution >= 0.6 is 0 Å². The van der Waals surface area contributed by atoms with Crippen LogP contribution in [-0.4, -0.2) is 34.1 Å². The normalized spacial score (nSPS) is 14.8. The van der Waals surface area contributed by atoms with Gasteiger partial charge in [-0.25, -0.2) is 4.39 Å². The number of hydrogen-bond donors (Lipinski definition) is 3. The smallest absolute Gasteiger partial charge is 0.308 e. The van der Waals surface area contributed by atoms with Gasteiger partial charge in [0, 0.05) is 0 Å². The molecule has 0 amide bonds. The van der Waals surface area contributed by atoms with E-state index in [4.69, 9.17) is 15.3 Å². The Morgan fingerprint density at radius 3 is 2.08 bits per heavy atom. The SMILES string of the molecule is OC(O)(O)C(F)CCCCCF. The van der Waals surface area contributed by atoms with Crippen molar-refractivity contribution in [3.05, 3.63) is 0 Å². The van der Waals surface area contributed by atoms with Gasteiger partial charge < -0.3 is 15.3 Å². The maximum atomic E-state index is 12.5. The van der Waals surface area contributed by atoms with Crippen LogP contribution in [0, 0.1) is 0 Å². The van der Waals surface area contributed by atoms with Gasteiger partial charge in [-0.2, -0.15) is 0 Å². The molecule has 0 aromatic rings. The molecule has 0 heterocycles. The van der Waals surface area contributed by atoms with Crippen LogP contribution in [0.4, 0.5) is 8.78 Å². The van der Waals surface area contributed by atoms with Crippen LogP contribution in [0.1, 0.15) is 25.7 Å². The molecule has 0 aromatic carbocycles. The van der Waals surface area contributed by atoms with E-state index in [0.29, 0.717) is 19.3 Å². The van der Waals surface area contributed by atoms with Crippen LogP contribution in [0.25, 0.3) is 0 Å². The predicted octanol–water partition coefficient (Wildman–Crippen LogP) is 0.485. The minimum atomic E-state index is -3.25. The lowest BCUT2D eigenvalue weighted by Crippen LogP contribution is -2.38. The first kappa shape index (κ1) is 11.7. The van der Waals surface area contributed by atoms with Gasteiger partial charge >= 0.3 is 5.97 Å². The Balaban J connectivity index is 3.38. The number of hydrogen-bond acceptors (Lipinski definition) is 3. The number of unbranched alkanes of at least 4 members (excludes halogenated alkanes) is 2. The molecular weight excluding hydrogens is 170 g/mol. The average Bonchev–Trinajstić information content (AvgIpc) is 1.96. The van der Waals surface area contributed by atoms with Crippen LogP contribution in [0.5, 0.6) is 0 Å². The number of rotatable bonds is 6. The van der Waals surface area contributed by atoms with Crippen molar-refractivity contribution in [1.29, 1.82) is 0 Å². The van der Waals surface area contributed by atoms with E-state index in [9.17, 15) is 8.78 Å². The van der Waals surface area contributed by atoms with E-state index in [1.54, 1.807) is 0 Å². The van der Waals surface area contributed by atoms with Gasteiger partial charge in [-0.05, 0) is 12.8 Å². The lowest BCUT2D eigenvalue weighted by Gasteiger charge is -2.18. The van der Waals surface area contributed by atoms with Crippen molar-refractivity contribution in [2.75, 3.05) is 6.67 Å². The average molecular weight is 184 g/mol. The van der Waals surface area contributed by atoms with Crippen molar-refractivity contribution in [2.45, 2.75) is 37.8 Å². The Bertz CT molecular complexity index is 114. The number of alkyl halides is 2. The van der Waals surface area contributed by atoms with Gasteiger partial charge in [0.05, 0.1) is 6.67 Å². The van der Waals surface area contributed by atoms with E-state index in [2.05, 4.69) is 0 Å². The van der Waals surface area contributed by atoms with Crippen molar-refractivity contribution in [3.63, 3.8) is 0 Å². The molecule has 0 saturated heterocycles. The van der Waals surface area contributed by atoms with Crippen molar-refractivity contribution in [1.82, 2.24) is 0 Å². The van der Waals surface area contributed by atoms with Crippen LogP contribution in [0.3, 0.4) is 0 Å². The standard InChI is InChI=1S/C7H14F2O3/c8-5-3-1-2-4-6(9)7(10,11)12/h6,10-12H,1-5H2. The molecule has 1 unspecified atom stereocenters. The maximum absolute atomic E-state index is 12.5. The molecule has 1 atom stereocenters. The molecule has 0 saturated carbocycles. The molecule has 0 aliphatic rings. The fourth-order valence-corrected chi connectivity index (χ4v) is 0.788. The van der Waals surface area contributed by atoms with Crippen molar-refractivity contribution in [2.24, 2.45) is 0 Å². The first-order valence-corrected chi connectivity index (χ1v) is 3.85. The topological polar surface area (TPSA) is 60.7 Å². The first-order chi connectivity index (χ1) is 5.48. The Morgan fingerprint density at radius 2 is 1.67 bits per heavy atom. The van der Waals surface area contributed by atoms with E-state index in [0.717, 1.165) is 0 Å². The highest BCUT2D eigenvalue weighted by Crippen LogP contribution is 2.14. The summed E-state index contributed by atoms with van der Waals surface area (Å²) in [4.78, 5) is 0. The van der Waals surface area contributed by atoms with Gasteiger partial charge in [-0.15, -0.1) is 0 Å². The van der Waals surface area contributed by atoms with Crippen molar-refractivity contribution >= 4 is 0 Å². The highest BCUT2D eigenvalue weighted by atomic mass is 19.1. The summed E-state index contributed by atoms with van der Waals surface area (Å²) in [5.41, 5.74) is 0. The number of halogens is 2. The lowest BCUT2D eigenvalue weighted by atomic mass is 10.1. The van der Waals surface area contributed by atoms with Crippen LogP contribution in [0.2, 0.25) is 0 Å². The molecule has 0 fully saturated rings. The van der Waals surface area contributed by atoms with Crippen LogP contribution < -0.4 is 0 Å². The monoisotopic (exact) mass is 184 g/mol. The largest absolute Gasteiger partial charge is 0.341 e. The molecule has 0 radical (unpaired) electrons. The van der Waals surface area contributed by atoms with E-state index >= 15 is 0 Å². The fraction of sp³-hybridized carbons (Fsp3) is 1.00. The Kier molecular flexibility index (Phi) is 5.28. The summed E-state index contributed by atoms with van der Waals surface area (Å²) in [5.74, 6) is -3.25. The van der Waals surface area contributed by atoms with Gasteiger partial charge in [0.1, 0.15) is 0 Å². The van der Waals surface area contributed by atoms with E-state index in [1.165, 1.54) is 0 Å². The summed E-state index contributed by atoms with van der Waals surface area (Å²) < 4.78 is 24.0. The second-order valence-electron chi connectivity index (χ2n) is 2.69. The quantitative estimate of drug-likeness (QED) is 0.415. The summed E-state index contributed by atoms with van der Waals surface area (Å²) in [5, 5.41) is 24.9. The first-order valence-electron chi connectivity index (χ1n) is 3.85. The molecule has 0 aliphatic carbocycles. The van der Waals surface area contributed by atoms with Gasteiger partial charge in [-0.1, -0.05) is 12.8 Å². The van der Waals surface area contributed by atoms with Gasteiger partial charge in [-0.3, -0.25) is 4.39 Å². The minimum absolute atomic E-state index is 0.177.